The second kappa shape index (κ2) is 5.71. The van der Waals surface area contributed by atoms with Gasteiger partial charge in [-0.15, -0.1) is 5.10 Å². The molecule has 9 heteroatoms. The van der Waals surface area contributed by atoms with Crippen molar-refractivity contribution in [3.8, 4) is 0 Å². The van der Waals surface area contributed by atoms with Gasteiger partial charge in [0, 0.05) is 12.1 Å². The van der Waals surface area contributed by atoms with E-state index in [9.17, 15) is 4.79 Å². The summed E-state index contributed by atoms with van der Waals surface area (Å²) >= 11 is 5.88. The predicted molar refractivity (Wildman–Crippen MR) is 82.2 cm³/mol. The van der Waals surface area contributed by atoms with Crippen LogP contribution in [0.5, 0.6) is 0 Å². The molecule has 0 spiro atoms. The van der Waals surface area contributed by atoms with Gasteiger partial charge in [0.05, 0.1) is 5.39 Å². The second-order valence-corrected chi connectivity index (χ2v) is 5.88. The Hall–Kier alpha value is -2.32. The van der Waals surface area contributed by atoms with E-state index in [0.717, 1.165) is 4.68 Å². The molecule has 0 saturated heterocycles. The van der Waals surface area contributed by atoms with Gasteiger partial charge in [0.15, 0.2) is 0 Å². The predicted octanol–water partition coefficient (Wildman–Crippen LogP) is 1.76. The monoisotopic (exact) mass is 335 g/mol. The van der Waals surface area contributed by atoms with Crippen LogP contribution >= 0.6 is 11.6 Å². The Balaban J connectivity index is 1.95. The highest BCUT2D eigenvalue weighted by molar-refractivity contribution is 6.31. The van der Waals surface area contributed by atoms with Crippen LogP contribution in [0.4, 0.5) is 0 Å². The fraction of sp³-hybridized carbons (Fsp3) is 0.357. The molecule has 0 saturated carbocycles. The summed E-state index contributed by atoms with van der Waals surface area (Å²) < 4.78 is 11.6. The van der Waals surface area contributed by atoms with E-state index in [0.29, 0.717) is 21.7 Å². The molecule has 2 aromatic heterocycles. The van der Waals surface area contributed by atoms with Gasteiger partial charge in [-0.1, -0.05) is 22.0 Å². The lowest BCUT2D eigenvalue weighted by molar-refractivity contribution is 0.00973. The molecule has 0 N–H and O–H groups in total. The summed E-state index contributed by atoms with van der Waals surface area (Å²) in [5.41, 5.74) is -0.554. The Bertz CT molecular complexity index is 918. The van der Waals surface area contributed by atoms with Crippen LogP contribution in [0.2, 0.25) is 5.02 Å². The quantitative estimate of drug-likeness (QED) is 0.716. The van der Waals surface area contributed by atoms with Gasteiger partial charge in [0.2, 0.25) is 11.7 Å². The number of rotatable bonds is 4. The maximum absolute atomic E-state index is 12.4. The van der Waals surface area contributed by atoms with Crippen molar-refractivity contribution in [3.63, 3.8) is 0 Å². The molecule has 1 aromatic carbocycles. The molecule has 0 bridgehead atoms. The zero-order valence-corrected chi connectivity index (χ0v) is 13.5. The highest BCUT2D eigenvalue weighted by Crippen LogP contribution is 2.20. The van der Waals surface area contributed by atoms with Gasteiger partial charge in [-0.25, -0.2) is 4.68 Å². The summed E-state index contributed by atoms with van der Waals surface area (Å²) in [5.74, 6) is 0.637. The molecule has 8 nitrogen and oxygen atoms in total. The van der Waals surface area contributed by atoms with Crippen LogP contribution in [0.15, 0.2) is 27.5 Å². The molecule has 0 unspecified atom stereocenters. The van der Waals surface area contributed by atoms with E-state index in [2.05, 4.69) is 20.5 Å². The molecule has 0 fully saturated rings. The van der Waals surface area contributed by atoms with Gasteiger partial charge < -0.3 is 9.26 Å². The zero-order valence-electron chi connectivity index (χ0n) is 12.8. The highest BCUT2D eigenvalue weighted by atomic mass is 35.5. The average molecular weight is 336 g/mol. The lowest BCUT2D eigenvalue weighted by Gasteiger charge is -2.17. The molecule has 0 amide bonds. The molecule has 3 rings (SSSR count). The van der Waals surface area contributed by atoms with E-state index in [1.807, 2.05) is 13.8 Å². The first-order valence-electron chi connectivity index (χ1n) is 6.82. The molecular weight excluding hydrogens is 322 g/mol. The zero-order chi connectivity index (χ0) is 16.6. The Morgan fingerprint density at radius 3 is 2.91 bits per heavy atom. The van der Waals surface area contributed by atoms with Crippen molar-refractivity contribution in [1.82, 2.24) is 25.1 Å². The minimum Gasteiger partial charge on any atom is -0.371 e. The third kappa shape index (κ3) is 2.95. The normalized spacial score (nSPS) is 12.0. The summed E-state index contributed by atoms with van der Waals surface area (Å²) in [5, 5.41) is 12.6. The number of fused-ring (bicyclic) bond motifs is 1. The van der Waals surface area contributed by atoms with Crippen molar-refractivity contribution < 1.29 is 9.26 Å². The number of hydrogen-bond acceptors (Lipinski definition) is 7. The van der Waals surface area contributed by atoms with Crippen molar-refractivity contribution in [2.75, 3.05) is 7.11 Å². The average Bonchev–Trinajstić information content (AvgIpc) is 2.99. The number of nitrogens with zero attached hydrogens (tertiary/aromatic N) is 5. The topological polar surface area (TPSA) is 95.9 Å². The van der Waals surface area contributed by atoms with Gasteiger partial charge in [0.25, 0.3) is 5.56 Å². The highest BCUT2D eigenvalue weighted by Gasteiger charge is 2.26. The molecule has 2 heterocycles. The van der Waals surface area contributed by atoms with Gasteiger partial charge in [-0.05, 0) is 32.0 Å². The maximum atomic E-state index is 12.4. The number of halogens is 1. The number of methoxy groups -OCH3 is 1. The molecule has 0 aliphatic carbocycles. The van der Waals surface area contributed by atoms with Crippen LogP contribution in [-0.2, 0) is 16.9 Å². The van der Waals surface area contributed by atoms with E-state index < -0.39 is 5.60 Å². The summed E-state index contributed by atoms with van der Waals surface area (Å²) in [6.07, 6.45) is 0. The second-order valence-electron chi connectivity index (χ2n) is 5.44. The first-order chi connectivity index (χ1) is 10.9. The first kappa shape index (κ1) is 15.6. The maximum Gasteiger partial charge on any atom is 0.278 e. The van der Waals surface area contributed by atoms with Crippen LogP contribution in [0, 0.1) is 0 Å². The van der Waals surface area contributed by atoms with Crippen molar-refractivity contribution in [3.05, 3.63) is 45.3 Å². The number of benzene rings is 1. The van der Waals surface area contributed by atoms with E-state index in [1.165, 1.54) is 0 Å². The van der Waals surface area contributed by atoms with Crippen LogP contribution < -0.4 is 5.56 Å². The fourth-order valence-electron chi connectivity index (χ4n) is 1.94. The lowest BCUT2D eigenvalue weighted by Crippen LogP contribution is -2.25. The van der Waals surface area contributed by atoms with Crippen molar-refractivity contribution in [1.29, 1.82) is 0 Å². The van der Waals surface area contributed by atoms with Crippen LogP contribution in [0.25, 0.3) is 10.9 Å². The molecule has 0 atom stereocenters. The summed E-state index contributed by atoms with van der Waals surface area (Å²) in [4.78, 5) is 16.6. The first-order valence-corrected chi connectivity index (χ1v) is 7.20. The van der Waals surface area contributed by atoms with E-state index in [4.69, 9.17) is 20.9 Å². The van der Waals surface area contributed by atoms with Crippen molar-refractivity contribution in [2.45, 2.75) is 26.0 Å². The third-order valence-electron chi connectivity index (χ3n) is 3.49. The van der Waals surface area contributed by atoms with Gasteiger partial charge in [-0.2, -0.15) is 4.98 Å². The minimum atomic E-state index is -0.682. The van der Waals surface area contributed by atoms with Gasteiger partial charge in [-0.3, -0.25) is 4.79 Å². The summed E-state index contributed by atoms with van der Waals surface area (Å²) in [6.45, 7) is 3.65. The number of aromatic nitrogens is 5. The molecule has 120 valence electrons. The fourth-order valence-corrected chi connectivity index (χ4v) is 2.10. The minimum absolute atomic E-state index is 0.0250. The molecule has 23 heavy (non-hydrogen) atoms. The lowest BCUT2D eigenvalue weighted by atomic mass is 10.1. The number of hydrogen-bond donors (Lipinski definition) is 0. The van der Waals surface area contributed by atoms with Crippen molar-refractivity contribution in [2.24, 2.45) is 0 Å². The Kier molecular flexibility index (Phi) is 3.87. The third-order valence-corrected chi connectivity index (χ3v) is 3.72. The largest absolute Gasteiger partial charge is 0.371 e. The van der Waals surface area contributed by atoms with Crippen molar-refractivity contribution >= 4 is 22.5 Å². The Morgan fingerprint density at radius 1 is 1.39 bits per heavy atom. The number of ether oxygens (including phenoxy) is 1. The Morgan fingerprint density at radius 2 is 2.17 bits per heavy atom. The summed E-state index contributed by atoms with van der Waals surface area (Å²) in [6, 6.07) is 4.82. The van der Waals surface area contributed by atoms with Gasteiger partial charge >= 0.3 is 0 Å². The Labute approximate surface area is 136 Å². The molecule has 0 radical (unpaired) electrons. The molecular formula is C14H14ClN5O3. The standard InChI is InChI=1S/C14H14ClN5O3/c1-14(2,22-3)13-16-11(23-18-13)7-20-12(21)9-5-4-8(15)6-10(9)17-19-20/h4-6H,7H2,1-3H3. The van der Waals surface area contributed by atoms with Crippen LogP contribution in [0.3, 0.4) is 0 Å². The van der Waals surface area contributed by atoms with Gasteiger partial charge in [0.1, 0.15) is 17.7 Å². The van der Waals surface area contributed by atoms with E-state index in [-0.39, 0.29) is 18.0 Å². The SMILES string of the molecule is COC(C)(C)c1noc(Cn2nnc3cc(Cl)ccc3c2=O)n1. The van der Waals surface area contributed by atoms with E-state index >= 15 is 0 Å². The molecule has 0 aliphatic rings. The van der Waals surface area contributed by atoms with Crippen LogP contribution in [-0.4, -0.2) is 32.2 Å². The molecule has 0 aliphatic heterocycles. The van der Waals surface area contributed by atoms with Crippen LogP contribution in [0.1, 0.15) is 25.6 Å². The molecule has 3 aromatic rings. The van der Waals surface area contributed by atoms with E-state index in [1.54, 1.807) is 25.3 Å². The summed E-state index contributed by atoms with van der Waals surface area (Å²) in [7, 11) is 1.56. The smallest absolute Gasteiger partial charge is 0.278 e.